The zero-order chi connectivity index (χ0) is 19.7. The number of carbonyl (C=O) groups is 2. The van der Waals surface area contributed by atoms with Crippen molar-refractivity contribution in [3.05, 3.63) is 35.9 Å². The Morgan fingerprint density at radius 3 is 2.42 bits per heavy atom. The molecule has 1 aromatic carbocycles. The first kappa shape index (κ1) is 21.1. The Labute approximate surface area is 150 Å². The van der Waals surface area contributed by atoms with E-state index in [1.807, 2.05) is 6.07 Å². The molecule has 0 saturated heterocycles. The lowest BCUT2D eigenvalue weighted by atomic mass is 9.90. The summed E-state index contributed by atoms with van der Waals surface area (Å²) in [6.45, 7) is 1.73. The van der Waals surface area contributed by atoms with Gasteiger partial charge in [0.1, 0.15) is 11.3 Å². The first-order valence-corrected chi connectivity index (χ1v) is 7.78. The van der Waals surface area contributed by atoms with Gasteiger partial charge in [-0.3, -0.25) is 4.79 Å². The third kappa shape index (κ3) is 6.89. The molecule has 1 amide bonds. The average Bonchev–Trinajstić information content (AvgIpc) is 2.58. The van der Waals surface area contributed by atoms with Gasteiger partial charge in [-0.2, -0.15) is 14.0 Å². The van der Waals surface area contributed by atoms with Gasteiger partial charge in [0, 0.05) is 6.08 Å². The van der Waals surface area contributed by atoms with Gasteiger partial charge in [0.25, 0.3) is 5.91 Å². The maximum Gasteiger partial charge on any atom is 0.387 e. The number of carbonyl (C=O) groups excluding carboxylic acids is 2. The van der Waals surface area contributed by atoms with Crippen molar-refractivity contribution in [3.8, 4) is 11.8 Å². The molecular formula is C18H20F2N2O4. The maximum absolute atomic E-state index is 12.0. The molecule has 1 aromatic rings. The van der Waals surface area contributed by atoms with E-state index < -0.39 is 30.6 Å². The average molecular weight is 366 g/mol. The predicted molar refractivity (Wildman–Crippen MR) is 90.1 cm³/mol. The summed E-state index contributed by atoms with van der Waals surface area (Å²) in [4.78, 5) is 23.4. The van der Waals surface area contributed by atoms with E-state index in [1.54, 1.807) is 20.8 Å². The maximum atomic E-state index is 12.0. The van der Waals surface area contributed by atoms with Gasteiger partial charge in [-0.15, -0.1) is 0 Å². The van der Waals surface area contributed by atoms with Crippen molar-refractivity contribution < 1.29 is 27.8 Å². The molecule has 1 N–H and O–H groups in total. The minimum absolute atomic E-state index is 0.00194. The molecule has 0 aromatic heterocycles. The monoisotopic (exact) mass is 366 g/mol. The molecule has 0 saturated carbocycles. The van der Waals surface area contributed by atoms with E-state index in [2.05, 4.69) is 10.1 Å². The lowest BCUT2D eigenvalue weighted by Gasteiger charge is -2.27. The van der Waals surface area contributed by atoms with Gasteiger partial charge in [0.15, 0.2) is 6.61 Å². The van der Waals surface area contributed by atoms with Crippen molar-refractivity contribution in [1.82, 2.24) is 5.32 Å². The summed E-state index contributed by atoms with van der Waals surface area (Å²) in [5, 5.41) is 11.6. The van der Waals surface area contributed by atoms with E-state index in [0.717, 1.165) is 6.08 Å². The van der Waals surface area contributed by atoms with Crippen molar-refractivity contribution >= 4 is 18.0 Å². The fourth-order valence-electron chi connectivity index (χ4n) is 1.74. The highest BCUT2D eigenvalue weighted by Gasteiger charge is 2.30. The second kappa shape index (κ2) is 9.51. The number of esters is 1. The van der Waals surface area contributed by atoms with Crippen LogP contribution in [0.2, 0.25) is 0 Å². The number of rotatable bonds is 8. The van der Waals surface area contributed by atoms with E-state index in [0.29, 0.717) is 5.56 Å². The molecule has 8 heteroatoms. The quantitative estimate of drug-likeness (QED) is 0.564. The highest BCUT2D eigenvalue weighted by molar-refractivity contribution is 5.89. The molecule has 26 heavy (non-hydrogen) atoms. The summed E-state index contributed by atoms with van der Waals surface area (Å²) >= 11 is 0. The number of amides is 1. The van der Waals surface area contributed by atoms with Crippen LogP contribution in [0.3, 0.4) is 0 Å². The van der Waals surface area contributed by atoms with Crippen molar-refractivity contribution in [3.63, 3.8) is 0 Å². The molecular weight excluding hydrogens is 346 g/mol. The summed E-state index contributed by atoms with van der Waals surface area (Å²) in [6.07, 6.45) is 2.50. The summed E-state index contributed by atoms with van der Waals surface area (Å²) in [5.41, 5.74) is -0.494. The van der Waals surface area contributed by atoms with E-state index >= 15 is 0 Å². The highest BCUT2D eigenvalue weighted by Crippen LogP contribution is 2.16. The summed E-state index contributed by atoms with van der Waals surface area (Å²) < 4.78 is 33.1. The van der Waals surface area contributed by atoms with Crippen LogP contribution in [0.4, 0.5) is 8.78 Å². The minimum atomic E-state index is -2.91. The molecule has 0 aliphatic rings. The zero-order valence-electron chi connectivity index (χ0n) is 14.7. The van der Waals surface area contributed by atoms with Crippen LogP contribution in [-0.4, -0.2) is 30.6 Å². The van der Waals surface area contributed by atoms with Gasteiger partial charge >= 0.3 is 12.6 Å². The van der Waals surface area contributed by atoms with Crippen LogP contribution in [0.25, 0.3) is 6.08 Å². The number of hydrogen-bond acceptors (Lipinski definition) is 5. The molecule has 0 bridgehead atoms. The number of benzene rings is 1. The predicted octanol–water partition coefficient (Wildman–Crippen LogP) is 2.90. The standard InChI is InChI=1S/C18H20F2N2O4/c1-12(2)18(3,11-21)22-15(23)10-25-16(24)9-6-13-4-7-14(8-5-13)26-17(19)20/h4-9,12,17H,10H2,1-3H3,(H,22,23)/b9-6+/t18-/m0/s1. The summed E-state index contributed by atoms with van der Waals surface area (Å²) in [7, 11) is 0. The van der Waals surface area contributed by atoms with Gasteiger partial charge in [-0.05, 0) is 36.6 Å². The van der Waals surface area contributed by atoms with Crippen LogP contribution in [0.1, 0.15) is 26.3 Å². The Bertz CT molecular complexity index is 696. The van der Waals surface area contributed by atoms with Gasteiger partial charge in [0.05, 0.1) is 6.07 Å². The molecule has 0 spiro atoms. The zero-order valence-corrected chi connectivity index (χ0v) is 14.7. The van der Waals surface area contributed by atoms with E-state index in [-0.39, 0.29) is 11.7 Å². The Balaban J connectivity index is 2.50. The van der Waals surface area contributed by atoms with Crippen LogP contribution < -0.4 is 10.1 Å². The van der Waals surface area contributed by atoms with Gasteiger partial charge in [-0.1, -0.05) is 26.0 Å². The van der Waals surface area contributed by atoms with Crippen molar-refractivity contribution in [2.75, 3.05) is 6.61 Å². The number of ether oxygens (including phenoxy) is 2. The number of nitrogens with one attached hydrogen (secondary N) is 1. The number of nitriles is 1. The second-order valence-electron chi connectivity index (χ2n) is 5.91. The van der Waals surface area contributed by atoms with E-state index in [9.17, 15) is 18.4 Å². The molecule has 1 rings (SSSR count). The lowest BCUT2D eigenvalue weighted by Crippen LogP contribution is -2.50. The number of alkyl halides is 2. The molecule has 1 atom stereocenters. The molecule has 140 valence electrons. The van der Waals surface area contributed by atoms with Gasteiger partial charge in [0.2, 0.25) is 0 Å². The van der Waals surface area contributed by atoms with Crippen LogP contribution in [0.5, 0.6) is 5.75 Å². The fraction of sp³-hybridized carbons (Fsp3) is 0.389. The SMILES string of the molecule is CC(C)[C@](C)(C#N)NC(=O)COC(=O)/C=C/c1ccc(OC(F)F)cc1. The molecule has 6 nitrogen and oxygen atoms in total. The van der Waals surface area contributed by atoms with Gasteiger partial charge in [-0.25, -0.2) is 4.79 Å². The van der Waals surface area contributed by atoms with Gasteiger partial charge < -0.3 is 14.8 Å². The van der Waals surface area contributed by atoms with E-state index in [1.165, 1.54) is 30.3 Å². The first-order valence-electron chi connectivity index (χ1n) is 7.78. The number of hydrogen-bond donors (Lipinski definition) is 1. The molecule has 0 radical (unpaired) electrons. The van der Waals surface area contributed by atoms with Crippen molar-refractivity contribution in [1.29, 1.82) is 5.26 Å². The molecule has 0 aliphatic heterocycles. The third-order valence-electron chi connectivity index (χ3n) is 3.65. The topological polar surface area (TPSA) is 88.4 Å². The number of nitrogens with zero attached hydrogens (tertiary/aromatic N) is 1. The minimum Gasteiger partial charge on any atom is -0.452 e. The molecule has 0 unspecified atom stereocenters. The van der Waals surface area contributed by atoms with E-state index in [4.69, 9.17) is 10.00 Å². The fourth-order valence-corrected chi connectivity index (χ4v) is 1.74. The highest BCUT2D eigenvalue weighted by atomic mass is 19.3. The van der Waals surface area contributed by atoms with Crippen molar-refractivity contribution in [2.45, 2.75) is 32.9 Å². The first-order chi connectivity index (χ1) is 12.2. The Kier molecular flexibility index (Phi) is 7.72. The molecule has 0 fully saturated rings. The lowest BCUT2D eigenvalue weighted by molar-refractivity contribution is -0.144. The normalized spacial score (nSPS) is 13.3. The van der Waals surface area contributed by atoms with Crippen LogP contribution in [0, 0.1) is 17.2 Å². The third-order valence-corrected chi connectivity index (χ3v) is 3.65. The smallest absolute Gasteiger partial charge is 0.387 e. The summed E-state index contributed by atoms with van der Waals surface area (Å²) in [6, 6.07) is 7.64. The summed E-state index contributed by atoms with van der Waals surface area (Å²) in [5.74, 6) is -1.46. The Morgan fingerprint density at radius 2 is 1.92 bits per heavy atom. The molecule has 0 aliphatic carbocycles. The second-order valence-corrected chi connectivity index (χ2v) is 5.91. The molecule has 0 heterocycles. The van der Waals surface area contributed by atoms with Crippen molar-refractivity contribution in [2.24, 2.45) is 5.92 Å². The Hall–Kier alpha value is -2.95. The largest absolute Gasteiger partial charge is 0.452 e. The number of halogens is 2. The Morgan fingerprint density at radius 1 is 1.31 bits per heavy atom. The van der Waals surface area contributed by atoms with Crippen LogP contribution in [-0.2, 0) is 14.3 Å². The van der Waals surface area contributed by atoms with Crippen LogP contribution in [0.15, 0.2) is 30.3 Å². The van der Waals surface area contributed by atoms with Crippen LogP contribution >= 0.6 is 0 Å².